The van der Waals surface area contributed by atoms with Gasteiger partial charge in [0.05, 0.1) is 32.3 Å². The molecule has 0 bridgehead atoms. The molecule has 1 aliphatic carbocycles. The van der Waals surface area contributed by atoms with Crippen molar-refractivity contribution in [3.05, 3.63) is 46.1 Å². The van der Waals surface area contributed by atoms with Crippen LogP contribution in [-0.2, 0) is 30.7 Å². The summed E-state index contributed by atoms with van der Waals surface area (Å²) in [5.41, 5.74) is 2.73. The molecular formula is C24H30N4O2S. The van der Waals surface area contributed by atoms with Crippen LogP contribution in [0.5, 0.6) is 5.75 Å². The number of aromatic nitrogens is 2. The number of ether oxygens (including phenoxy) is 2. The van der Waals surface area contributed by atoms with Gasteiger partial charge in [-0.3, -0.25) is 4.90 Å². The number of rotatable bonds is 6. The maximum absolute atomic E-state index is 5.51. The Kier molecular flexibility index (Phi) is 6.07. The second kappa shape index (κ2) is 9.10. The van der Waals surface area contributed by atoms with Crippen molar-refractivity contribution < 1.29 is 9.47 Å². The summed E-state index contributed by atoms with van der Waals surface area (Å²) < 4.78 is 10.8. The molecule has 6 nitrogen and oxygen atoms in total. The van der Waals surface area contributed by atoms with Crippen LogP contribution >= 0.6 is 11.3 Å². The third-order valence-corrected chi connectivity index (χ3v) is 7.44. The lowest BCUT2D eigenvalue weighted by atomic mass is 9.97. The van der Waals surface area contributed by atoms with Gasteiger partial charge in [0.25, 0.3) is 0 Å². The molecule has 1 saturated heterocycles. The molecule has 0 N–H and O–H groups in total. The second-order valence-corrected chi connectivity index (χ2v) is 9.53. The van der Waals surface area contributed by atoms with E-state index in [0.717, 1.165) is 68.0 Å². The van der Waals surface area contributed by atoms with Gasteiger partial charge in [-0.2, -0.15) is 0 Å². The Labute approximate surface area is 187 Å². The minimum Gasteiger partial charge on any atom is -0.497 e. The quantitative estimate of drug-likeness (QED) is 0.579. The van der Waals surface area contributed by atoms with Crippen LogP contribution in [0.25, 0.3) is 10.2 Å². The van der Waals surface area contributed by atoms with E-state index >= 15 is 0 Å². The first kappa shape index (κ1) is 20.7. The average molecular weight is 439 g/mol. The molecule has 1 aliphatic heterocycles. The molecule has 1 fully saturated rings. The zero-order chi connectivity index (χ0) is 21.2. The third kappa shape index (κ3) is 4.40. The van der Waals surface area contributed by atoms with Crippen molar-refractivity contribution >= 4 is 27.4 Å². The van der Waals surface area contributed by atoms with Crippen LogP contribution in [0.15, 0.2) is 24.3 Å². The Bertz CT molecular complexity index is 1040. The van der Waals surface area contributed by atoms with E-state index < -0.39 is 0 Å². The van der Waals surface area contributed by atoms with Gasteiger partial charge in [0.15, 0.2) is 0 Å². The molecular weight excluding hydrogens is 408 g/mol. The fourth-order valence-corrected chi connectivity index (χ4v) is 5.84. The Morgan fingerprint density at radius 2 is 1.87 bits per heavy atom. The van der Waals surface area contributed by atoms with Crippen LogP contribution in [0, 0.1) is 0 Å². The highest BCUT2D eigenvalue weighted by Crippen LogP contribution is 2.40. The largest absolute Gasteiger partial charge is 0.497 e. The van der Waals surface area contributed by atoms with Crippen LogP contribution in [-0.4, -0.2) is 55.3 Å². The Morgan fingerprint density at radius 1 is 1.10 bits per heavy atom. The molecule has 2 aromatic heterocycles. The lowest BCUT2D eigenvalue weighted by molar-refractivity contribution is 0.0331. The summed E-state index contributed by atoms with van der Waals surface area (Å²) in [5, 5.41) is 1.28. The SMILES string of the molecule is COc1ccc(CN(C)c2nc(CN3CCOCC3)nc3sc4c(c23)CCCC4)cc1. The number of nitrogens with zero attached hydrogens (tertiary/aromatic N) is 4. The first-order valence-corrected chi connectivity index (χ1v) is 12.0. The highest BCUT2D eigenvalue weighted by Gasteiger charge is 2.23. The van der Waals surface area contributed by atoms with Crippen molar-refractivity contribution in [2.24, 2.45) is 0 Å². The summed E-state index contributed by atoms with van der Waals surface area (Å²) in [6.07, 6.45) is 4.86. The molecule has 5 rings (SSSR count). The highest BCUT2D eigenvalue weighted by atomic mass is 32.1. The van der Waals surface area contributed by atoms with Crippen LogP contribution in [0.2, 0.25) is 0 Å². The van der Waals surface area contributed by atoms with E-state index in [4.69, 9.17) is 19.4 Å². The minimum atomic E-state index is 0.783. The van der Waals surface area contributed by atoms with Crippen LogP contribution < -0.4 is 9.64 Å². The molecule has 0 saturated carbocycles. The Balaban J connectivity index is 1.50. The summed E-state index contributed by atoms with van der Waals surface area (Å²) in [7, 11) is 3.85. The molecule has 0 spiro atoms. The van der Waals surface area contributed by atoms with Gasteiger partial charge in [-0.05, 0) is 48.9 Å². The van der Waals surface area contributed by atoms with Crippen molar-refractivity contribution in [3.63, 3.8) is 0 Å². The molecule has 0 radical (unpaired) electrons. The van der Waals surface area contributed by atoms with Gasteiger partial charge < -0.3 is 14.4 Å². The predicted octanol–water partition coefficient (Wildman–Crippen LogP) is 4.05. The molecule has 0 atom stereocenters. The van der Waals surface area contributed by atoms with E-state index in [0.29, 0.717) is 0 Å². The smallest absolute Gasteiger partial charge is 0.146 e. The van der Waals surface area contributed by atoms with E-state index in [1.165, 1.54) is 40.7 Å². The lowest BCUT2D eigenvalue weighted by Gasteiger charge is -2.26. The topological polar surface area (TPSA) is 50.7 Å². The summed E-state index contributed by atoms with van der Waals surface area (Å²) in [5.74, 6) is 2.88. The zero-order valence-corrected chi connectivity index (χ0v) is 19.2. The number of fused-ring (bicyclic) bond motifs is 3. The van der Waals surface area contributed by atoms with Crippen molar-refractivity contribution in [1.82, 2.24) is 14.9 Å². The van der Waals surface area contributed by atoms with Gasteiger partial charge in [0, 0.05) is 31.6 Å². The molecule has 3 aromatic rings. The molecule has 7 heteroatoms. The normalized spacial score (nSPS) is 17.0. The van der Waals surface area contributed by atoms with Crippen LogP contribution in [0.4, 0.5) is 5.82 Å². The maximum Gasteiger partial charge on any atom is 0.146 e. The summed E-state index contributed by atoms with van der Waals surface area (Å²) in [4.78, 5) is 17.5. The number of morpholine rings is 1. The standard InChI is InChI=1S/C24H30N4O2S/c1-27(15-17-7-9-18(29-2)10-8-17)23-22-19-5-3-4-6-20(19)31-24(22)26-21(25-23)16-28-11-13-30-14-12-28/h7-10H,3-6,11-16H2,1-2H3. The Morgan fingerprint density at radius 3 is 2.65 bits per heavy atom. The molecule has 0 unspecified atom stereocenters. The van der Waals surface area contributed by atoms with E-state index in [-0.39, 0.29) is 0 Å². The van der Waals surface area contributed by atoms with Crippen molar-refractivity contribution in [3.8, 4) is 5.75 Å². The monoisotopic (exact) mass is 438 g/mol. The van der Waals surface area contributed by atoms with Crippen molar-refractivity contribution in [2.45, 2.75) is 38.8 Å². The third-order valence-electron chi connectivity index (χ3n) is 6.25. The molecule has 0 amide bonds. The van der Waals surface area contributed by atoms with Gasteiger partial charge in [0.2, 0.25) is 0 Å². The first-order valence-electron chi connectivity index (χ1n) is 11.2. The van der Waals surface area contributed by atoms with E-state index in [2.05, 4.69) is 29.0 Å². The van der Waals surface area contributed by atoms with E-state index in [1.54, 1.807) is 7.11 Å². The Hall–Kier alpha value is -2.22. The van der Waals surface area contributed by atoms with E-state index in [9.17, 15) is 0 Å². The van der Waals surface area contributed by atoms with Gasteiger partial charge in [-0.15, -0.1) is 11.3 Å². The van der Waals surface area contributed by atoms with Crippen LogP contribution in [0.1, 0.15) is 34.7 Å². The number of benzene rings is 1. The number of anilines is 1. The van der Waals surface area contributed by atoms with Crippen molar-refractivity contribution in [2.75, 3.05) is 45.4 Å². The lowest BCUT2D eigenvalue weighted by Crippen LogP contribution is -2.36. The molecule has 164 valence electrons. The van der Waals surface area contributed by atoms with E-state index in [1.807, 2.05) is 23.5 Å². The molecule has 31 heavy (non-hydrogen) atoms. The number of hydrogen-bond donors (Lipinski definition) is 0. The van der Waals surface area contributed by atoms with Crippen molar-refractivity contribution in [1.29, 1.82) is 0 Å². The van der Waals surface area contributed by atoms with Gasteiger partial charge in [0.1, 0.15) is 22.2 Å². The minimum absolute atomic E-state index is 0.783. The molecule has 1 aromatic carbocycles. The van der Waals surface area contributed by atoms with Crippen LogP contribution in [0.3, 0.4) is 0 Å². The maximum atomic E-state index is 5.51. The highest BCUT2D eigenvalue weighted by molar-refractivity contribution is 7.19. The first-order chi connectivity index (χ1) is 15.2. The summed E-state index contributed by atoms with van der Waals surface area (Å²) >= 11 is 1.88. The number of thiophene rings is 1. The summed E-state index contributed by atoms with van der Waals surface area (Å²) in [6.45, 7) is 5.06. The molecule has 2 aliphatic rings. The fourth-order valence-electron chi connectivity index (χ4n) is 4.57. The average Bonchev–Trinajstić information content (AvgIpc) is 3.18. The number of methoxy groups -OCH3 is 1. The summed E-state index contributed by atoms with van der Waals surface area (Å²) in [6, 6.07) is 8.31. The van der Waals surface area contributed by atoms with Gasteiger partial charge >= 0.3 is 0 Å². The molecule has 3 heterocycles. The predicted molar refractivity (Wildman–Crippen MR) is 125 cm³/mol. The number of hydrogen-bond acceptors (Lipinski definition) is 7. The van der Waals surface area contributed by atoms with Gasteiger partial charge in [-0.25, -0.2) is 9.97 Å². The number of aryl methyl sites for hydroxylation is 2. The fraction of sp³-hybridized carbons (Fsp3) is 0.500. The zero-order valence-electron chi connectivity index (χ0n) is 18.4. The second-order valence-electron chi connectivity index (χ2n) is 8.45. The van der Waals surface area contributed by atoms with Gasteiger partial charge in [-0.1, -0.05) is 12.1 Å².